The molecule has 0 spiro atoms. The Labute approximate surface area is 134 Å². The largest absolute Gasteiger partial charge is 0.379 e. The summed E-state index contributed by atoms with van der Waals surface area (Å²) in [6, 6.07) is 9.12. The highest BCUT2D eigenvalue weighted by Crippen LogP contribution is 2.36. The molecule has 0 radical (unpaired) electrons. The molecule has 0 aliphatic carbocycles. The van der Waals surface area contributed by atoms with Gasteiger partial charge in [0.1, 0.15) is 16.9 Å². The average molecular weight is 315 g/mol. The van der Waals surface area contributed by atoms with Crippen molar-refractivity contribution in [1.29, 1.82) is 5.26 Å². The van der Waals surface area contributed by atoms with Gasteiger partial charge in [-0.1, -0.05) is 12.1 Å². The number of hydrogen-bond donors (Lipinski definition) is 1. The van der Waals surface area contributed by atoms with Crippen molar-refractivity contribution in [2.24, 2.45) is 0 Å². The molecule has 2 aromatic rings. The summed E-state index contributed by atoms with van der Waals surface area (Å²) in [6.45, 7) is 2.54. The van der Waals surface area contributed by atoms with E-state index >= 15 is 0 Å². The topological polar surface area (TPSA) is 39.1 Å². The first-order valence-corrected chi connectivity index (χ1v) is 8.22. The van der Waals surface area contributed by atoms with Gasteiger partial charge >= 0.3 is 0 Å². The van der Waals surface area contributed by atoms with E-state index in [9.17, 15) is 9.65 Å². The molecule has 0 fully saturated rings. The van der Waals surface area contributed by atoms with E-state index in [4.69, 9.17) is 0 Å². The van der Waals surface area contributed by atoms with Gasteiger partial charge < -0.3 is 5.32 Å². The number of benzene rings is 1. The molecule has 0 bridgehead atoms. The predicted octanol–water partition coefficient (Wildman–Crippen LogP) is 3.75. The molecule has 0 unspecified atom stereocenters. The number of thiophene rings is 1. The van der Waals surface area contributed by atoms with Gasteiger partial charge in [0.15, 0.2) is 0 Å². The van der Waals surface area contributed by atoms with E-state index < -0.39 is 0 Å². The Morgan fingerprint density at radius 2 is 2.32 bits per heavy atom. The second-order valence-electron chi connectivity index (χ2n) is 5.51. The summed E-state index contributed by atoms with van der Waals surface area (Å²) in [7, 11) is 1.86. The highest BCUT2D eigenvalue weighted by atomic mass is 32.1. The van der Waals surface area contributed by atoms with Crippen LogP contribution >= 0.6 is 11.3 Å². The van der Waals surface area contributed by atoms with Gasteiger partial charge in [0, 0.05) is 25.0 Å². The van der Waals surface area contributed by atoms with Gasteiger partial charge in [0.25, 0.3) is 0 Å². The van der Waals surface area contributed by atoms with Gasteiger partial charge in [0.2, 0.25) is 0 Å². The summed E-state index contributed by atoms with van der Waals surface area (Å²) in [5.74, 6) is -0.187. The quantitative estimate of drug-likeness (QED) is 0.937. The molecule has 1 aliphatic heterocycles. The fourth-order valence-corrected chi connectivity index (χ4v) is 4.18. The molecule has 5 heteroatoms. The normalized spacial score (nSPS) is 15.0. The smallest absolute Gasteiger partial charge is 0.123 e. The van der Waals surface area contributed by atoms with Crippen LogP contribution in [0.25, 0.3) is 0 Å². The molecule has 114 valence electrons. The number of nitrogens with one attached hydrogen (secondary N) is 1. The van der Waals surface area contributed by atoms with E-state index in [1.807, 2.05) is 13.1 Å². The number of rotatable bonds is 3. The summed E-state index contributed by atoms with van der Waals surface area (Å²) in [5.41, 5.74) is 2.99. The number of halogens is 1. The summed E-state index contributed by atoms with van der Waals surface area (Å²) in [4.78, 5) is 3.59. The third-order valence-corrected chi connectivity index (χ3v) is 5.23. The van der Waals surface area contributed by atoms with Gasteiger partial charge in [-0.15, -0.1) is 11.3 Å². The van der Waals surface area contributed by atoms with Crippen LogP contribution in [0.15, 0.2) is 24.3 Å². The van der Waals surface area contributed by atoms with Crippen LogP contribution in [0.3, 0.4) is 0 Å². The number of nitrogens with zero attached hydrogens (tertiary/aromatic N) is 2. The van der Waals surface area contributed by atoms with Crippen LogP contribution in [0.2, 0.25) is 0 Å². The molecule has 1 aromatic carbocycles. The fraction of sp³-hybridized carbons (Fsp3) is 0.353. The van der Waals surface area contributed by atoms with Crippen LogP contribution in [-0.2, 0) is 19.5 Å². The average Bonchev–Trinajstić information content (AvgIpc) is 2.72. The first-order valence-electron chi connectivity index (χ1n) is 7.40. The van der Waals surface area contributed by atoms with Gasteiger partial charge in [-0.3, -0.25) is 4.90 Å². The molecule has 22 heavy (non-hydrogen) atoms. The molecular weight excluding hydrogens is 297 g/mol. The first-order chi connectivity index (χ1) is 10.7. The predicted molar refractivity (Wildman–Crippen MR) is 87.4 cm³/mol. The maximum atomic E-state index is 13.3. The molecule has 1 aromatic heterocycles. The molecule has 3 rings (SSSR count). The Hall–Kier alpha value is -1.90. The number of nitriles is 1. The van der Waals surface area contributed by atoms with Crippen LogP contribution in [-0.4, -0.2) is 18.5 Å². The maximum Gasteiger partial charge on any atom is 0.123 e. The molecule has 0 saturated heterocycles. The van der Waals surface area contributed by atoms with E-state index in [0.717, 1.165) is 48.6 Å². The van der Waals surface area contributed by atoms with Gasteiger partial charge in [-0.2, -0.15) is 5.26 Å². The summed E-state index contributed by atoms with van der Waals surface area (Å²) in [6.07, 6.45) is 1.97. The van der Waals surface area contributed by atoms with Crippen molar-refractivity contribution in [1.82, 2.24) is 4.90 Å². The monoisotopic (exact) mass is 315 g/mol. The van der Waals surface area contributed by atoms with Crippen LogP contribution in [0.5, 0.6) is 0 Å². The third-order valence-electron chi connectivity index (χ3n) is 3.99. The second-order valence-corrected chi connectivity index (χ2v) is 6.62. The SMILES string of the molecule is CNc1sc2c(c1C#N)CCCN(Cc1cccc(F)c1)C2. The Kier molecular flexibility index (Phi) is 4.41. The Morgan fingerprint density at radius 1 is 1.45 bits per heavy atom. The fourth-order valence-electron chi connectivity index (χ4n) is 2.99. The Morgan fingerprint density at radius 3 is 3.05 bits per heavy atom. The summed E-state index contributed by atoms with van der Waals surface area (Å²) in [5, 5.41) is 13.5. The zero-order chi connectivity index (χ0) is 15.5. The molecule has 0 saturated carbocycles. The number of anilines is 1. The van der Waals surface area contributed by atoms with Crippen LogP contribution in [0, 0.1) is 17.1 Å². The van der Waals surface area contributed by atoms with Crippen LogP contribution in [0.1, 0.15) is 28.0 Å². The van der Waals surface area contributed by atoms with E-state index in [-0.39, 0.29) is 5.82 Å². The zero-order valence-corrected chi connectivity index (χ0v) is 13.3. The van der Waals surface area contributed by atoms with Crippen molar-refractivity contribution in [3.05, 3.63) is 51.7 Å². The highest BCUT2D eigenvalue weighted by molar-refractivity contribution is 7.16. The molecular formula is C17H18FN3S. The lowest BCUT2D eigenvalue weighted by Gasteiger charge is -2.19. The maximum absolute atomic E-state index is 13.3. The number of fused-ring (bicyclic) bond motifs is 1. The molecule has 1 aliphatic rings. The van der Waals surface area contributed by atoms with Gasteiger partial charge in [-0.05, 0) is 42.6 Å². The zero-order valence-electron chi connectivity index (χ0n) is 12.5. The van der Waals surface area contributed by atoms with Crippen molar-refractivity contribution >= 4 is 16.3 Å². The Bertz CT molecular complexity index is 717. The van der Waals surface area contributed by atoms with Crippen molar-refractivity contribution in [3.8, 4) is 6.07 Å². The van der Waals surface area contributed by atoms with Crippen LogP contribution in [0.4, 0.5) is 9.39 Å². The van der Waals surface area contributed by atoms with Crippen molar-refractivity contribution in [2.45, 2.75) is 25.9 Å². The van der Waals surface area contributed by atoms with E-state index in [1.54, 1.807) is 23.5 Å². The van der Waals surface area contributed by atoms with Crippen LogP contribution < -0.4 is 5.32 Å². The lowest BCUT2D eigenvalue weighted by Crippen LogP contribution is -2.22. The minimum absolute atomic E-state index is 0.187. The third kappa shape index (κ3) is 2.99. The first kappa shape index (κ1) is 15.0. The summed E-state index contributed by atoms with van der Waals surface area (Å²) >= 11 is 1.67. The second kappa shape index (κ2) is 6.47. The molecule has 3 nitrogen and oxygen atoms in total. The molecule has 2 heterocycles. The van der Waals surface area contributed by atoms with Gasteiger partial charge in [-0.25, -0.2) is 4.39 Å². The van der Waals surface area contributed by atoms with E-state index in [0.29, 0.717) is 0 Å². The van der Waals surface area contributed by atoms with E-state index in [2.05, 4.69) is 16.3 Å². The lowest BCUT2D eigenvalue weighted by atomic mass is 10.1. The van der Waals surface area contributed by atoms with Crippen molar-refractivity contribution < 1.29 is 4.39 Å². The number of hydrogen-bond acceptors (Lipinski definition) is 4. The van der Waals surface area contributed by atoms with E-state index in [1.165, 1.54) is 16.5 Å². The highest BCUT2D eigenvalue weighted by Gasteiger charge is 2.22. The standard InChI is InChI=1S/C17H18FN3S/c1-20-17-15(9-19)14-6-3-7-21(11-16(14)22-17)10-12-4-2-5-13(18)8-12/h2,4-5,8,20H,3,6-7,10-11H2,1H3. The minimum atomic E-state index is -0.187. The minimum Gasteiger partial charge on any atom is -0.379 e. The van der Waals surface area contributed by atoms with Crippen molar-refractivity contribution in [2.75, 3.05) is 18.9 Å². The molecule has 1 N–H and O–H groups in total. The summed E-state index contributed by atoms with van der Waals surface area (Å²) < 4.78 is 13.3. The Balaban J connectivity index is 1.83. The lowest BCUT2D eigenvalue weighted by molar-refractivity contribution is 0.262. The van der Waals surface area contributed by atoms with Gasteiger partial charge in [0.05, 0.1) is 5.56 Å². The van der Waals surface area contributed by atoms with Crippen molar-refractivity contribution in [3.63, 3.8) is 0 Å². The molecule has 0 amide bonds. The molecule has 0 atom stereocenters.